The number of rotatable bonds is 3. The summed E-state index contributed by atoms with van der Waals surface area (Å²) in [4.78, 5) is 23.7. The lowest BCUT2D eigenvalue weighted by Crippen LogP contribution is -2.29. The van der Waals surface area contributed by atoms with Crippen molar-refractivity contribution in [3.63, 3.8) is 0 Å². The quantitative estimate of drug-likeness (QED) is 0.454. The van der Waals surface area contributed by atoms with E-state index in [2.05, 4.69) is 25.7 Å². The Hall–Kier alpha value is -3.82. The van der Waals surface area contributed by atoms with Crippen LogP contribution in [0.4, 0.5) is 37.8 Å². The fourth-order valence-corrected chi connectivity index (χ4v) is 3.37. The van der Waals surface area contributed by atoms with Crippen LogP contribution in [0.15, 0.2) is 30.5 Å². The summed E-state index contributed by atoms with van der Waals surface area (Å²) in [7, 11) is 1.36. The van der Waals surface area contributed by atoms with Gasteiger partial charge in [-0.05, 0) is 37.2 Å². The Morgan fingerprint density at radius 2 is 1.69 bits per heavy atom. The number of aryl methyl sites for hydroxylation is 1. The zero-order chi connectivity index (χ0) is 26.7. The summed E-state index contributed by atoms with van der Waals surface area (Å²) < 4.78 is 73.6. The van der Waals surface area contributed by atoms with Gasteiger partial charge in [-0.2, -0.15) is 31.4 Å². The highest BCUT2D eigenvalue weighted by Crippen LogP contribution is 2.33. The number of anilines is 2. The monoisotopic (exact) mass is 521 g/mol. The van der Waals surface area contributed by atoms with E-state index in [9.17, 15) is 31.1 Å². The van der Waals surface area contributed by atoms with Gasteiger partial charge in [-0.3, -0.25) is 9.48 Å². The van der Waals surface area contributed by atoms with Gasteiger partial charge >= 0.3 is 18.3 Å². The summed E-state index contributed by atoms with van der Waals surface area (Å²) >= 11 is 0. The second kappa shape index (κ2) is 10.4. The van der Waals surface area contributed by atoms with Crippen LogP contribution >= 0.6 is 0 Å². The summed E-state index contributed by atoms with van der Waals surface area (Å²) in [6, 6.07) is 6.95. The SMILES string of the molecule is Cn1cc(NC(=O)c2ccc3ccc(N4CCCNCC4)nn23)c(C(F)(F)F)n1.O=C(O)C(F)(F)F. The Morgan fingerprint density at radius 3 is 2.33 bits per heavy atom. The predicted octanol–water partition coefficient (Wildman–Crippen LogP) is 2.77. The third-order valence-corrected chi connectivity index (χ3v) is 4.98. The maximum Gasteiger partial charge on any atom is 0.490 e. The predicted molar refractivity (Wildman–Crippen MR) is 115 cm³/mol. The van der Waals surface area contributed by atoms with E-state index < -0.39 is 35.6 Å². The van der Waals surface area contributed by atoms with Crippen LogP contribution in [-0.2, 0) is 18.0 Å². The summed E-state index contributed by atoms with van der Waals surface area (Å²) in [5.74, 6) is -2.73. The average molecular weight is 521 g/mol. The third-order valence-electron chi connectivity index (χ3n) is 4.98. The molecule has 1 fully saturated rings. The molecule has 0 bridgehead atoms. The molecule has 0 radical (unpaired) electrons. The smallest absolute Gasteiger partial charge is 0.475 e. The van der Waals surface area contributed by atoms with E-state index >= 15 is 0 Å². The number of carboxylic acids is 1. The number of aliphatic carboxylic acids is 1. The van der Waals surface area contributed by atoms with Crippen LogP contribution in [0, 0.1) is 0 Å². The highest BCUT2D eigenvalue weighted by Gasteiger charge is 2.38. The molecule has 0 saturated carbocycles. The molecule has 0 aliphatic carbocycles. The Labute approximate surface area is 199 Å². The largest absolute Gasteiger partial charge is 0.490 e. The zero-order valence-electron chi connectivity index (χ0n) is 18.7. The first-order chi connectivity index (χ1) is 16.8. The van der Waals surface area contributed by atoms with Crippen LogP contribution in [0.3, 0.4) is 0 Å². The van der Waals surface area contributed by atoms with Crippen molar-refractivity contribution in [3.8, 4) is 0 Å². The molecule has 0 atom stereocenters. The molecule has 1 aliphatic heterocycles. The number of hydrogen-bond donors (Lipinski definition) is 3. The lowest BCUT2D eigenvalue weighted by molar-refractivity contribution is -0.192. The van der Waals surface area contributed by atoms with Gasteiger partial charge in [0.25, 0.3) is 5.91 Å². The van der Waals surface area contributed by atoms with Gasteiger partial charge in [0.1, 0.15) is 11.5 Å². The second-order valence-corrected chi connectivity index (χ2v) is 7.66. The molecular weight excluding hydrogens is 500 g/mol. The van der Waals surface area contributed by atoms with E-state index in [1.165, 1.54) is 17.6 Å². The standard InChI is InChI=1S/C18H20F3N7O.C2HF3O2/c1-26-11-13(16(25-26)18(19,20)21)23-17(29)14-5-3-12-4-6-15(24-28(12)14)27-9-2-7-22-8-10-27;3-2(4,5)1(6)7/h3-6,11,22H,2,7-10H2,1H3,(H,23,29);(H,6,7). The van der Waals surface area contributed by atoms with Crippen LogP contribution in [0.25, 0.3) is 5.52 Å². The number of carbonyl (C=O) groups excluding carboxylic acids is 1. The van der Waals surface area contributed by atoms with Crippen LogP contribution in [0.2, 0.25) is 0 Å². The Kier molecular flexibility index (Phi) is 7.76. The van der Waals surface area contributed by atoms with Gasteiger partial charge in [0.15, 0.2) is 5.69 Å². The van der Waals surface area contributed by atoms with E-state index in [4.69, 9.17) is 9.90 Å². The fourth-order valence-electron chi connectivity index (χ4n) is 3.37. The summed E-state index contributed by atoms with van der Waals surface area (Å²) in [5, 5.41) is 20.7. The highest BCUT2D eigenvalue weighted by atomic mass is 19.4. The molecule has 1 aliphatic rings. The number of carbonyl (C=O) groups is 2. The maximum atomic E-state index is 13.1. The molecule has 3 aromatic heterocycles. The van der Waals surface area contributed by atoms with Crippen LogP contribution in [0.1, 0.15) is 22.6 Å². The Balaban J connectivity index is 0.000000454. The van der Waals surface area contributed by atoms with Crippen molar-refractivity contribution in [2.75, 3.05) is 36.4 Å². The first-order valence-electron chi connectivity index (χ1n) is 10.4. The second-order valence-electron chi connectivity index (χ2n) is 7.66. The fraction of sp³-hybridized carbons (Fsp3) is 0.400. The minimum atomic E-state index is -5.08. The number of hydrogen-bond acceptors (Lipinski definition) is 6. The minimum Gasteiger partial charge on any atom is -0.475 e. The van der Waals surface area contributed by atoms with Crippen molar-refractivity contribution < 1.29 is 41.0 Å². The molecule has 4 rings (SSSR count). The number of fused-ring (bicyclic) bond motifs is 1. The topological polar surface area (TPSA) is 117 Å². The van der Waals surface area contributed by atoms with Gasteiger partial charge in [0.05, 0.1) is 11.2 Å². The number of halogens is 6. The summed E-state index contributed by atoms with van der Waals surface area (Å²) in [6.07, 6.45) is -7.66. The molecule has 0 spiro atoms. The maximum absolute atomic E-state index is 13.1. The van der Waals surface area contributed by atoms with Gasteiger partial charge in [-0.15, -0.1) is 5.10 Å². The van der Waals surface area contributed by atoms with Crippen molar-refractivity contribution in [1.29, 1.82) is 0 Å². The molecule has 0 aromatic carbocycles. The van der Waals surface area contributed by atoms with Crippen LogP contribution in [0.5, 0.6) is 0 Å². The molecule has 1 amide bonds. The molecule has 10 nitrogen and oxygen atoms in total. The first kappa shape index (κ1) is 26.8. The lowest BCUT2D eigenvalue weighted by atomic mass is 10.3. The van der Waals surface area contributed by atoms with Gasteiger partial charge in [0.2, 0.25) is 0 Å². The number of nitrogens with one attached hydrogen (secondary N) is 2. The number of carboxylic acid groups (broad SMARTS) is 1. The van der Waals surface area contributed by atoms with E-state index in [1.807, 2.05) is 12.1 Å². The highest BCUT2D eigenvalue weighted by molar-refractivity contribution is 6.04. The van der Waals surface area contributed by atoms with Gasteiger partial charge < -0.3 is 20.6 Å². The third kappa shape index (κ3) is 6.44. The molecule has 0 unspecified atom stereocenters. The van der Waals surface area contributed by atoms with Gasteiger partial charge in [-0.1, -0.05) is 0 Å². The lowest BCUT2D eigenvalue weighted by Gasteiger charge is -2.21. The molecule has 1 saturated heterocycles. The Morgan fingerprint density at radius 1 is 1.03 bits per heavy atom. The zero-order valence-corrected chi connectivity index (χ0v) is 18.7. The normalized spacial score (nSPS) is 14.7. The van der Waals surface area contributed by atoms with Crippen molar-refractivity contribution in [1.82, 2.24) is 24.7 Å². The first-order valence-corrected chi connectivity index (χ1v) is 10.4. The molecule has 16 heteroatoms. The molecule has 3 aromatic rings. The number of alkyl halides is 6. The van der Waals surface area contributed by atoms with E-state index in [0.29, 0.717) is 11.3 Å². The molecule has 196 valence electrons. The van der Waals surface area contributed by atoms with Crippen molar-refractivity contribution in [2.24, 2.45) is 7.05 Å². The van der Waals surface area contributed by atoms with E-state index in [-0.39, 0.29) is 5.69 Å². The van der Waals surface area contributed by atoms with Crippen molar-refractivity contribution in [3.05, 3.63) is 41.9 Å². The van der Waals surface area contributed by atoms with Crippen molar-refractivity contribution >= 4 is 28.9 Å². The molecule has 36 heavy (non-hydrogen) atoms. The van der Waals surface area contributed by atoms with Crippen LogP contribution in [-0.4, -0.2) is 68.7 Å². The average Bonchev–Trinajstić information content (AvgIpc) is 3.25. The summed E-state index contributed by atoms with van der Waals surface area (Å²) in [6.45, 7) is 3.38. The summed E-state index contributed by atoms with van der Waals surface area (Å²) in [5.41, 5.74) is -0.713. The minimum absolute atomic E-state index is 0.145. The number of nitrogens with zero attached hydrogens (tertiary/aromatic N) is 5. The molecule has 3 N–H and O–H groups in total. The van der Waals surface area contributed by atoms with E-state index in [0.717, 1.165) is 43.5 Å². The van der Waals surface area contributed by atoms with Gasteiger partial charge in [0, 0.05) is 32.9 Å². The van der Waals surface area contributed by atoms with E-state index in [1.54, 1.807) is 6.07 Å². The number of amides is 1. The van der Waals surface area contributed by atoms with Gasteiger partial charge in [-0.25, -0.2) is 9.31 Å². The molecular formula is C20H21F6N7O3. The van der Waals surface area contributed by atoms with Crippen LogP contribution < -0.4 is 15.5 Å². The number of aromatic nitrogens is 4. The van der Waals surface area contributed by atoms with Crippen molar-refractivity contribution in [2.45, 2.75) is 18.8 Å². The molecule has 4 heterocycles. The Bertz CT molecular complexity index is 1230.